The number of nitrogens with zero attached hydrogens (tertiary/aromatic N) is 2. The summed E-state index contributed by atoms with van der Waals surface area (Å²) in [4.78, 5) is 0. The van der Waals surface area contributed by atoms with Crippen molar-refractivity contribution in [1.29, 1.82) is 0 Å². The van der Waals surface area contributed by atoms with Gasteiger partial charge in [-0.25, -0.2) is 0 Å². The molecule has 1 aromatic carbocycles. The Morgan fingerprint density at radius 3 is 3.00 bits per heavy atom. The van der Waals surface area contributed by atoms with Gasteiger partial charge in [-0.1, -0.05) is 12.1 Å². The number of aromatic nitrogens is 2. The Morgan fingerprint density at radius 1 is 1.37 bits per heavy atom. The lowest BCUT2D eigenvalue weighted by atomic mass is 10.1. The van der Waals surface area contributed by atoms with Crippen molar-refractivity contribution in [3.63, 3.8) is 0 Å². The Morgan fingerprint density at radius 2 is 2.26 bits per heavy atom. The van der Waals surface area contributed by atoms with Gasteiger partial charge in [-0.2, -0.15) is 5.10 Å². The molecule has 4 heteroatoms. The maximum absolute atomic E-state index is 5.84. The third-order valence-corrected chi connectivity index (χ3v) is 4.17. The molecule has 0 saturated carbocycles. The van der Waals surface area contributed by atoms with Crippen LogP contribution in [0, 0.1) is 3.57 Å². The second-order valence-electron chi connectivity index (χ2n) is 5.11. The standard InChI is InChI=1S/C15H17IN2O/c1-11-5-6-15(19-11)10-18-9-13(8-17-18)12-3-2-4-14(16)7-12/h2-4,7-9,11,15H,5-6,10H2,1H3. The van der Waals surface area contributed by atoms with Crippen LogP contribution in [0.5, 0.6) is 0 Å². The average Bonchev–Trinajstić information content (AvgIpc) is 2.99. The van der Waals surface area contributed by atoms with E-state index in [9.17, 15) is 0 Å². The van der Waals surface area contributed by atoms with Gasteiger partial charge in [-0.3, -0.25) is 4.68 Å². The topological polar surface area (TPSA) is 27.1 Å². The first-order valence-electron chi connectivity index (χ1n) is 6.64. The third-order valence-electron chi connectivity index (χ3n) is 3.50. The maximum Gasteiger partial charge on any atom is 0.0775 e. The highest BCUT2D eigenvalue weighted by molar-refractivity contribution is 14.1. The van der Waals surface area contributed by atoms with Gasteiger partial charge in [-0.05, 0) is 60.1 Å². The summed E-state index contributed by atoms with van der Waals surface area (Å²) in [6, 6.07) is 8.48. The van der Waals surface area contributed by atoms with E-state index in [0.29, 0.717) is 12.2 Å². The lowest BCUT2D eigenvalue weighted by Crippen LogP contribution is -2.16. The van der Waals surface area contributed by atoms with Crippen LogP contribution < -0.4 is 0 Å². The number of rotatable bonds is 3. The van der Waals surface area contributed by atoms with Crippen LogP contribution >= 0.6 is 22.6 Å². The molecule has 0 aliphatic carbocycles. The second kappa shape index (κ2) is 5.63. The number of hydrogen-bond donors (Lipinski definition) is 0. The van der Waals surface area contributed by atoms with Gasteiger partial charge >= 0.3 is 0 Å². The molecule has 1 fully saturated rings. The molecule has 1 aliphatic rings. The summed E-state index contributed by atoms with van der Waals surface area (Å²) in [5, 5.41) is 4.44. The molecule has 100 valence electrons. The van der Waals surface area contributed by atoms with Crippen molar-refractivity contribution in [2.45, 2.75) is 38.5 Å². The zero-order chi connectivity index (χ0) is 13.2. The SMILES string of the molecule is CC1CCC(Cn2cc(-c3cccc(I)c3)cn2)O1. The van der Waals surface area contributed by atoms with Crippen molar-refractivity contribution in [2.75, 3.05) is 0 Å². The summed E-state index contributed by atoms with van der Waals surface area (Å²) in [7, 11) is 0. The summed E-state index contributed by atoms with van der Waals surface area (Å²) in [6.45, 7) is 2.99. The predicted molar refractivity (Wildman–Crippen MR) is 83.9 cm³/mol. The molecule has 0 N–H and O–H groups in total. The molecule has 0 radical (unpaired) electrons. The minimum absolute atomic E-state index is 0.318. The number of benzene rings is 1. The predicted octanol–water partition coefficient (Wildman–Crippen LogP) is 3.72. The molecule has 3 rings (SSSR count). The van der Waals surface area contributed by atoms with Crippen LogP contribution in [0.25, 0.3) is 11.1 Å². The zero-order valence-electron chi connectivity index (χ0n) is 10.9. The molecule has 2 atom stereocenters. The first kappa shape index (κ1) is 13.1. The minimum Gasteiger partial charge on any atom is -0.373 e. The highest BCUT2D eigenvalue weighted by Crippen LogP contribution is 2.23. The molecule has 0 spiro atoms. The minimum atomic E-state index is 0.318. The smallest absolute Gasteiger partial charge is 0.0775 e. The molecule has 0 amide bonds. The van der Waals surface area contributed by atoms with Gasteiger partial charge < -0.3 is 4.74 Å². The Bertz CT molecular complexity index is 567. The lowest BCUT2D eigenvalue weighted by molar-refractivity contribution is 0.0437. The largest absolute Gasteiger partial charge is 0.373 e. The Labute approximate surface area is 127 Å². The van der Waals surface area contributed by atoms with Crippen LogP contribution in [-0.2, 0) is 11.3 Å². The Balaban J connectivity index is 1.73. The Hall–Kier alpha value is -0.880. The first-order chi connectivity index (χ1) is 9.20. The third kappa shape index (κ3) is 3.17. The quantitative estimate of drug-likeness (QED) is 0.773. The van der Waals surface area contributed by atoms with Crippen molar-refractivity contribution >= 4 is 22.6 Å². The number of halogens is 1. The van der Waals surface area contributed by atoms with E-state index in [1.165, 1.54) is 14.7 Å². The fourth-order valence-electron chi connectivity index (χ4n) is 2.51. The molecule has 2 heterocycles. The molecule has 1 aromatic heterocycles. The van der Waals surface area contributed by atoms with Crippen LogP contribution in [-0.4, -0.2) is 22.0 Å². The van der Waals surface area contributed by atoms with Crippen molar-refractivity contribution < 1.29 is 4.74 Å². The van der Waals surface area contributed by atoms with Crippen molar-refractivity contribution in [1.82, 2.24) is 9.78 Å². The summed E-state index contributed by atoms with van der Waals surface area (Å²) < 4.78 is 9.08. The molecule has 2 aromatic rings. The van der Waals surface area contributed by atoms with E-state index < -0.39 is 0 Å². The number of ether oxygens (including phenoxy) is 1. The maximum atomic E-state index is 5.84. The summed E-state index contributed by atoms with van der Waals surface area (Å²) in [5.74, 6) is 0. The van der Waals surface area contributed by atoms with Crippen LogP contribution in [0.4, 0.5) is 0 Å². The van der Waals surface area contributed by atoms with E-state index in [4.69, 9.17) is 4.74 Å². The van der Waals surface area contributed by atoms with Crippen LogP contribution in [0.1, 0.15) is 19.8 Å². The molecular formula is C15H17IN2O. The first-order valence-corrected chi connectivity index (χ1v) is 7.72. The van der Waals surface area contributed by atoms with Gasteiger partial charge in [-0.15, -0.1) is 0 Å². The van der Waals surface area contributed by atoms with Gasteiger partial charge in [0.25, 0.3) is 0 Å². The summed E-state index contributed by atoms with van der Waals surface area (Å²) in [6.07, 6.45) is 7.06. The highest BCUT2D eigenvalue weighted by Gasteiger charge is 2.22. The van der Waals surface area contributed by atoms with E-state index in [0.717, 1.165) is 19.4 Å². The van der Waals surface area contributed by atoms with Gasteiger partial charge in [0.15, 0.2) is 0 Å². The van der Waals surface area contributed by atoms with Crippen molar-refractivity contribution in [3.8, 4) is 11.1 Å². The lowest BCUT2D eigenvalue weighted by Gasteiger charge is -2.10. The van der Waals surface area contributed by atoms with E-state index in [2.05, 4.69) is 65.1 Å². The average molecular weight is 368 g/mol. The fourth-order valence-corrected chi connectivity index (χ4v) is 3.05. The number of hydrogen-bond acceptors (Lipinski definition) is 2. The monoisotopic (exact) mass is 368 g/mol. The normalized spacial score (nSPS) is 22.8. The van der Waals surface area contributed by atoms with E-state index in [1.54, 1.807) is 0 Å². The summed E-state index contributed by atoms with van der Waals surface area (Å²) in [5.41, 5.74) is 2.39. The van der Waals surface area contributed by atoms with Crippen LogP contribution in [0.3, 0.4) is 0 Å². The van der Waals surface area contributed by atoms with E-state index in [-0.39, 0.29) is 0 Å². The van der Waals surface area contributed by atoms with Gasteiger partial charge in [0.05, 0.1) is 24.9 Å². The molecule has 1 saturated heterocycles. The van der Waals surface area contributed by atoms with Gasteiger partial charge in [0.2, 0.25) is 0 Å². The van der Waals surface area contributed by atoms with Gasteiger partial charge in [0.1, 0.15) is 0 Å². The summed E-state index contributed by atoms with van der Waals surface area (Å²) >= 11 is 2.33. The molecule has 1 aliphatic heterocycles. The molecule has 19 heavy (non-hydrogen) atoms. The molecule has 0 bridgehead atoms. The second-order valence-corrected chi connectivity index (χ2v) is 6.35. The van der Waals surface area contributed by atoms with E-state index in [1.807, 2.05) is 10.9 Å². The zero-order valence-corrected chi connectivity index (χ0v) is 13.1. The van der Waals surface area contributed by atoms with Crippen molar-refractivity contribution in [3.05, 3.63) is 40.2 Å². The fraction of sp³-hybridized carbons (Fsp3) is 0.400. The van der Waals surface area contributed by atoms with Crippen LogP contribution in [0.2, 0.25) is 0 Å². The highest BCUT2D eigenvalue weighted by atomic mass is 127. The Kier molecular flexibility index (Phi) is 3.88. The molecule has 3 nitrogen and oxygen atoms in total. The van der Waals surface area contributed by atoms with Crippen LogP contribution in [0.15, 0.2) is 36.7 Å². The van der Waals surface area contributed by atoms with Crippen molar-refractivity contribution in [2.24, 2.45) is 0 Å². The molecular weight excluding hydrogens is 351 g/mol. The van der Waals surface area contributed by atoms with Gasteiger partial charge in [0, 0.05) is 15.3 Å². The molecule has 2 unspecified atom stereocenters. The van der Waals surface area contributed by atoms with E-state index >= 15 is 0 Å².